The molecule has 1 unspecified atom stereocenters. The summed E-state index contributed by atoms with van der Waals surface area (Å²) in [5.74, 6) is 1.50. The van der Waals surface area contributed by atoms with Gasteiger partial charge >= 0.3 is 0 Å². The van der Waals surface area contributed by atoms with Gasteiger partial charge in [0.1, 0.15) is 5.75 Å². The van der Waals surface area contributed by atoms with E-state index in [1.54, 1.807) is 7.11 Å². The quantitative estimate of drug-likeness (QED) is 0.805. The number of methoxy groups -OCH3 is 1. The number of piperidine rings is 1. The van der Waals surface area contributed by atoms with Crippen LogP contribution in [0.3, 0.4) is 0 Å². The molecule has 0 bridgehead atoms. The average molecular weight is 232 g/mol. The van der Waals surface area contributed by atoms with Crippen LogP contribution < -0.4 is 10.1 Å². The molecule has 2 heterocycles. The molecule has 1 atom stereocenters. The molecule has 1 fully saturated rings. The number of hydrogen-bond acceptors (Lipinski definition) is 3. The fraction of sp³-hybridized carbons (Fsp3) is 0.643. The van der Waals surface area contributed by atoms with Crippen molar-refractivity contribution in [2.24, 2.45) is 5.41 Å². The van der Waals surface area contributed by atoms with Crippen molar-refractivity contribution in [2.75, 3.05) is 20.2 Å². The normalized spacial score (nSPS) is 25.9. The van der Waals surface area contributed by atoms with Gasteiger partial charge in [0, 0.05) is 5.69 Å². The molecule has 1 aromatic heterocycles. The molecular formula is C14H20N2O. The molecule has 1 saturated heterocycles. The lowest BCUT2D eigenvalue weighted by molar-refractivity contribution is 0.179. The highest BCUT2D eigenvalue weighted by atomic mass is 16.5. The van der Waals surface area contributed by atoms with Crippen molar-refractivity contribution in [1.82, 2.24) is 10.3 Å². The van der Waals surface area contributed by atoms with Crippen LogP contribution in [0.5, 0.6) is 5.75 Å². The molecule has 1 aromatic rings. The summed E-state index contributed by atoms with van der Waals surface area (Å²) in [5.41, 5.74) is 3.15. The van der Waals surface area contributed by atoms with E-state index in [1.807, 2.05) is 6.20 Å². The highest BCUT2D eigenvalue weighted by Crippen LogP contribution is 2.52. The maximum Gasteiger partial charge on any atom is 0.137 e. The topological polar surface area (TPSA) is 34.1 Å². The second kappa shape index (κ2) is 3.98. The van der Waals surface area contributed by atoms with Crippen molar-refractivity contribution >= 4 is 0 Å². The van der Waals surface area contributed by atoms with Gasteiger partial charge in [-0.3, -0.25) is 4.98 Å². The van der Waals surface area contributed by atoms with Crippen molar-refractivity contribution in [3.05, 3.63) is 23.5 Å². The van der Waals surface area contributed by atoms with Crippen LogP contribution in [0.25, 0.3) is 0 Å². The van der Waals surface area contributed by atoms with Crippen molar-refractivity contribution in [3.63, 3.8) is 0 Å². The van der Waals surface area contributed by atoms with Gasteiger partial charge in [0.2, 0.25) is 0 Å². The smallest absolute Gasteiger partial charge is 0.137 e. The molecular weight excluding hydrogens is 212 g/mol. The first kappa shape index (κ1) is 11.0. The molecule has 1 aliphatic carbocycles. The molecule has 1 N–H and O–H groups in total. The van der Waals surface area contributed by atoms with Gasteiger partial charge in [-0.25, -0.2) is 0 Å². The summed E-state index contributed by atoms with van der Waals surface area (Å²) in [6, 6.07) is 2.18. The van der Waals surface area contributed by atoms with Crippen LogP contribution in [0.1, 0.15) is 36.9 Å². The Balaban J connectivity index is 1.96. The molecule has 1 spiro atoms. The van der Waals surface area contributed by atoms with E-state index in [9.17, 15) is 0 Å². The SMILES string of the molecule is COc1cnc2c(c1)C(C)C1(CCNCC1)C2. The van der Waals surface area contributed by atoms with Crippen LogP contribution >= 0.6 is 0 Å². The number of aromatic nitrogens is 1. The summed E-state index contributed by atoms with van der Waals surface area (Å²) in [6.07, 6.45) is 5.54. The minimum atomic E-state index is 0.451. The number of pyridine rings is 1. The first-order valence-electron chi connectivity index (χ1n) is 6.49. The lowest BCUT2D eigenvalue weighted by Gasteiger charge is -2.37. The monoisotopic (exact) mass is 232 g/mol. The van der Waals surface area contributed by atoms with E-state index in [4.69, 9.17) is 4.74 Å². The van der Waals surface area contributed by atoms with Crippen molar-refractivity contribution in [2.45, 2.75) is 32.1 Å². The fourth-order valence-corrected chi connectivity index (χ4v) is 3.48. The van der Waals surface area contributed by atoms with Gasteiger partial charge in [-0.2, -0.15) is 0 Å². The van der Waals surface area contributed by atoms with Crippen LogP contribution in [0.4, 0.5) is 0 Å². The van der Waals surface area contributed by atoms with E-state index < -0.39 is 0 Å². The van der Waals surface area contributed by atoms with E-state index in [2.05, 4.69) is 23.3 Å². The van der Waals surface area contributed by atoms with E-state index >= 15 is 0 Å². The standard InChI is InChI=1S/C14H20N2O/c1-10-12-7-11(17-2)9-16-13(12)8-14(10)3-5-15-6-4-14/h7,9-10,15H,3-6,8H2,1-2H3. The van der Waals surface area contributed by atoms with Crippen LogP contribution in [0, 0.1) is 5.41 Å². The molecule has 0 radical (unpaired) electrons. The predicted molar refractivity (Wildman–Crippen MR) is 67.4 cm³/mol. The highest BCUT2D eigenvalue weighted by Gasteiger charge is 2.44. The third kappa shape index (κ3) is 1.64. The lowest BCUT2D eigenvalue weighted by Crippen LogP contribution is -2.38. The average Bonchev–Trinajstić information content (AvgIpc) is 2.63. The number of rotatable bonds is 1. The summed E-state index contributed by atoms with van der Waals surface area (Å²) >= 11 is 0. The molecule has 3 nitrogen and oxygen atoms in total. The van der Waals surface area contributed by atoms with E-state index in [0.29, 0.717) is 11.3 Å². The fourth-order valence-electron chi connectivity index (χ4n) is 3.48. The number of fused-ring (bicyclic) bond motifs is 1. The van der Waals surface area contributed by atoms with Gasteiger partial charge < -0.3 is 10.1 Å². The van der Waals surface area contributed by atoms with E-state index in [-0.39, 0.29) is 0 Å². The molecule has 0 saturated carbocycles. The highest BCUT2D eigenvalue weighted by molar-refractivity contribution is 5.38. The lowest BCUT2D eigenvalue weighted by atomic mass is 9.70. The van der Waals surface area contributed by atoms with Gasteiger partial charge in [-0.05, 0) is 55.3 Å². The minimum absolute atomic E-state index is 0.451. The first-order chi connectivity index (χ1) is 8.25. The summed E-state index contributed by atoms with van der Waals surface area (Å²) in [6.45, 7) is 4.66. The molecule has 1 aliphatic heterocycles. The zero-order valence-electron chi connectivity index (χ0n) is 10.6. The van der Waals surface area contributed by atoms with Crippen molar-refractivity contribution < 1.29 is 4.74 Å². The van der Waals surface area contributed by atoms with Crippen LogP contribution in [0.15, 0.2) is 12.3 Å². The minimum Gasteiger partial charge on any atom is -0.495 e. The Kier molecular flexibility index (Phi) is 2.58. The Morgan fingerprint density at radius 3 is 2.88 bits per heavy atom. The molecule has 0 amide bonds. The summed E-state index contributed by atoms with van der Waals surface area (Å²) < 4.78 is 5.29. The van der Waals surface area contributed by atoms with Gasteiger partial charge in [-0.15, -0.1) is 0 Å². The Bertz CT molecular complexity index is 424. The first-order valence-corrected chi connectivity index (χ1v) is 6.49. The maximum absolute atomic E-state index is 5.29. The third-order valence-electron chi connectivity index (χ3n) is 4.72. The number of ether oxygens (including phenoxy) is 1. The number of hydrogen-bond donors (Lipinski definition) is 1. The Morgan fingerprint density at radius 2 is 2.18 bits per heavy atom. The summed E-state index contributed by atoms with van der Waals surface area (Å²) in [5, 5.41) is 3.46. The van der Waals surface area contributed by atoms with Crippen molar-refractivity contribution in [3.8, 4) is 5.75 Å². The zero-order valence-corrected chi connectivity index (χ0v) is 10.6. The van der Waals surface area contributed by atoms with E-state index in [1.165, 1.54) is 24.1 Å². The largest absolute Gasteiger partial charge is 0.495 e. The van der Waals surface area contributed by atoms with Crippen molar-refractivity contribution in [1.29, 1.82) is 0 Å². The number of nitrogens with one attached hydrogen (secondary N) is 1. The molecule has 0 aromatic carbocycles. The predicted octanol–water partition coefficient (Wildman–Crippen LogP) is 2.12. The van der Waals surface area contributed by atoms with E-state index in [0.717, 1.165) is 25.3 Å². The van der Waals surface area contributed by atoms with Gasteiger partial charge in [0.25, 0.3) is 0 Å². The molecule has 3 rings (SSSR count). The number of nitrogens with zero attached hydrogens (tertiary/aromatic N) is 1. The zero-order chi connectivity index (χ0) is 11.9. The third-order valence-corrected chi connectivity index (χ3v) is 4.72. The van der Waals surface area contributed by atoms with Crippen LogP contribution in [-0.2, 0) is 6.42 Å². The molecule has 17 heavy (non-hydrogen) atoms. The summed E-state index contributed by atoms with van der Waals surface area (Å²) in [4.78, 5) is 4.58. The van der Waals surface area contributed by atoms with Crippen LogP contribution in [-0.4, -0.2) is 25.2 Å². The molecule has 2 aliphatic rings. The summed E-state index contributed by atoms with van der Waals surface area (Å²) in [7, 11) is 1.71. The van der Waals surface area contributed by atoms with Gasteiger partial charge in [-0.1, -0.05) is 6.92 Å². The Hall–Kier alpha value is -1.09. The molecule has 92 valence electrons. The second-order valence-corrected chi connectivity index (χ2v) is 5.42. The maximum atomic E-state index is 5.29. The molecule has 3 heteroatoms. The van der Waals surface area contributed by atoms with Crippen LogP contribution in [0.2, 0.25) is 0 Å². The second-order valence-electron chi connectivity index (χ2n) is 5.42. The van der Waals surface area contributed by atoms with Gasteiger partial charge in [0.05, 0.1) is 13.3 Å². The Morgan fingerprint density at radius 1 is 1.41 bits per heavy atom. The Labute approximate surface area is 103 Å². The van der Waals surface area contributed by atoms with Gasteiger partial charge in [0.15, 0.2) is 0 Å².